The number of piperazine rings is 1. The van der Waals surface area contributed by atoms with Crippen LogP contribution < -0.4 is 14.5 Å². The third-order valence-corrected chi connectivity index (χ3v) is 5.57. The second-order valence-corrected chi connectivity index (χ2v) is 7.32. The molecule has 0 aliphatic carbocycles. The van der Waals surface area contributed by atoms with E-state index in [0.29, 0.717) is 17.3 Å². The van der Waals surface area contributed by atoms with Gasteiger partial charge in [0.15, 0.2) is 6.04 Å². The van der Waals surface area contributed by atoms with Crippen LogP contribution in [0.2, 0.25) is 0 Å². The van der Waals surface area contributed by atoms with Gasteiger partial charge in [0.25, 0.3) is 11.6 Å². The Balaban J connectivity index is 1.40. The number of anilines is 1. The van der Waals surface area contributed by atoms with Crippen LogP contribution in [0.1, 0.15) is 18.9 Å². The van der Waals surface area contributed by atoms with Crippen LogP contribution in [0.15, 0.2) is 52.9 Å². The van der Waals surface area contributed by atoms with Crippen LogP contribution in [-0.2, 0) is 0 Å². The van der Waals surface area contributed by atoms with Gasteiger partial charge in [-0.25, -0.2) is 0 Å². The molecular formula is C21H24N5O4+. The summed E-state index contributed by atoms with van der Waals surface area (Å²) in [5, 5.41) is 19.2. The molecule has 3 aromatic rings. The molecule has 156 valence electrons. The van der Waals surface area contributed by atoms with Crippen molar-refractivity contribution in [3.05, 3.63) is 64.5 Å². The minimum absolute atomic E-state index is 0.0326. The van der Waals surface area contributed by atoms with E-state index in [9.17, 15) is 10.1 Å². The van der Waals surface area contributed by atoms with E-state index in [1.165, 1.54) is 22.7 Å². The predicted octanol–water partition coefficient (Wildman–Crippen LogP) is 2.12. The average Bonchev–Trinajstić information content (AvgIpc) is 3.29. The SMILES string of the molecule is COc1cccc(N2CC[NH+]([C@@H](C)c3nnc(-c4ccc([N+](=O)[O-])cc4)o3)CC2)c1. The maximum absolute atomic E-state index is 10.8. The zero-order valence-corrected chi connectivity index (χ0v) is 16.9. The van der Waals surface area contributed by atoms with E-state index < -0.39 is 4.92 Å². The monoisotopic (exact) mass is 410 g/mol. The van der Waals surface area contributed by atoms with Crippen molar-refractivity contribution in [3.63, 3.8) is 0 Å². The zero-order chi connectivity index (χ0) is 21.1. The summed E-state index contributed by atoms with van der Waals surface area (Å²) in [6.45, 7) is 5.84. The molecule has 30 heavy (non-hydrogen) atoms. The number of nitrogens with one attached hydrogen (secondary N) is 1. The molecule has 1 aliphatic heterocycles. The smallest absolute Gasteiger partial charge is 0.274 e. The van der Waals surface area contributed by atoms with E-state index in [1.54, 1.807) is 19.2 Å². The number of benzene rings is 2. The Morgan fingerprint density at radius 1 is 1.17 bits per heavy atom. The quantitative estimate of drug-likeness (QED) is 0.491. The summed E-state index contributed by atoms with van der Waals surface area (Å²) in [4.78, 5) is 14.1. The molecule has 1 aliphatic rings. The Hall–Kier alpha value is -3.46. The van der Waals surface area contributed by atoms with Gasteiger partial charge in [-0.1, -0.05) is 6.07 Å². The largest absolute Gasteiger partial charge is 0.497 e. The van der Waals surface area contributed by atoms with E-state index in [-0.39, 0.29) is 11.7 Å². The normalized spacial score (nSPS) is 15.7. The molecule has 4 rings (SSSR count). The first-order valence-corrected chi connectivity index (χ1v) is 9.87. The number of quaternary nitrogens is 1. The molecule has 9 nitrogen and oxygen atoms in total. The number of non-ortho nitro benzene ring substituents is 1. The van der Waals surface area contributed by atoms with Crippen LogP contribution in [-0.4, -0.2) is 48.4 Å². The molecular weight excluding hydrogens is 386 g/mol. The summed E-state index contributed by atoms with van der Waals surface area (Å²) in [6.07, 6.45) is 0. The van der Waals surface area contributed by atoms with Gasteiger partial charge in [0.1, 0.15) is 5.75 Å². The fraction of sp³-hybridized carbons (Fsp3) is 0.333. The van der Waals surface area contributed by atoms with Crippen LogP contribution in [0.5, 0.6) is 5.75 Å². The van der Waals surface area contributed by atoms with Gasteiger partial charge in [0.2, 0.25) is 5.89 Å². The Morgan fingerprint density at radius 3 is 2.57 bits per heavy atom. The maximum Gasteiger partial charge on any atom is 0.274 e. The van der Waals surface area contributed by atoms with E-state index in [1.807, 2.05) is 12.1 Å². The topological polar surface area (TPSA) is 99.0 Å². The Bertz CT molecular complexity index is 1010. The molecule has 1 atom stereocenters. The zero-order valence-electron chi connectivity index (χ0n) is 16.9. The van der Waals surface area contributed by atoms with E-state index in [2.05, 4.69) is 34.2 Å². The molecule has 2 aromatic carbocycles. The third kappa shape index (κ3) is 4.11. The first-order valence-electron chi connectivity index (χ1n) is 9.87. The van der Waals surface area contributed by atoms with Gasteiger partial charge >= 0.3 is 0 Å². The summed E-state index contributed by atoms with van der Waals surface area (Å²) in [7, 11) is 1.68. The lowest BCUT2D eigenvalue weighted by molar-refractivity contribution is -0.931. The highest BCUT2D eigenvalue weighted by atomic mass is 16.6. The van der Waals surface area contributed by atoms with Gasteiger partial charge in [-0.05, 0) is 31.2 Å². The van der Waals surface area contributed by atoms with Crippen LogP contribution in [0.3, 0.4) is 0 Å². The Morgan fingerprint density at radius 2 is 1.90 bits per heavy atom. The highest BCUT2D eigenvalue weighted by Gasteiger charge is 2.29. The third-order valence-electron chi connectivity index (χ3n) is 5.57. The van der Waals surface area contributed by atoms with Crippen molar-refractivity contribution in [2.45, 2.75) is 13.0 Å². The number of nitro benzene ring substituents is 1. The average molecular weight is 410 g/mol. The molecule has 1 fully saturated rings. The first-order chi connectivity index (χ1) is 14.5. The molecule has 1 N–H and O–H groups in total. The van der Waals surface area contributed by atoms with Crippen LogP contribution in [0, 0.1) is 10.1 Å². The summed E-state index contributed by atoms with van der Waals surface area (Å²) in [5.74, 6) is 1.81. The minimum Gasteiger partial charge on any atom is -0.497 e. The van der Waals surface area contributed by atoms with E-state index >= 15 is 0 Å². The minimum atomic E-state index is -0.431. The van der Waals surface area contributed by atoms with Gasteiger partial charge in [-0.15, -0.1) is 10.2 Å². The van der Waals surface area contributed by atoms with Crippen molar-refractivity contribution in [1.29, 1.82) is 0 Å². The van der Waals surface area contributed by atoms with Gasteiger partial charge < -0.3 is 19.0 Å². The molecule has 0 radical (unpaired) electrons. The van der Waals surface area contributed by atoms with Gasteiger partial charge in [0.05, 0.1) is 38.2 Å². The first kappa shape index (κ1) is 19.8. The standard InChI is InChI=1S/C21H23N5O4/c1-15(20-22-23-21(30-20)16-6-8-17(9-7-16)26(27)28)24-10-12-25(13-11-24)18-4-3-5-19(14-18)29-2/h3-9,14-15H,10-13H2,1-2H3/p+1/t15-/m0/s1. The predicted molar refractivity (Wildman–Crippen MR) is 111 cm³/mol. The number of ether oxygens (including phenoxy) is 1. The maximum atomic E-state index is 10.8. The fourth-order valence-corrected chi connectivity index (χ4v) is 3.72. The second-order valence-electron chi connectivity index (χ2n) is 7.32. The number of aromatic nitrogens is 2. The van der Waals surface area contributed by atoms with Crippen molar-refractivity contribution in [2.24, 2.45) is 0 Å². The number of methoxy groups -OCH3 is 1. The Labute approximate surface area is 174 Å². The molecule has 1 aromatic heterocycles. The molecule has 0 saturated carbocycles. The molecule has 2 heterocycles. The van der Waals surface area contributed by atoms with Gasteiger partial charge in [-0.2, -0.15) is 0 Å². The second kappa shape index (κ2) is 8.50. The summed E-state index contributed by atoms with van der Waals surface area (Å²) >= 11 is 0. The highest BCUT2D eigenvalue weighted by Crippen LogP contribution is 2.23. The molecule has 0 unspecified atom stereocenters. The van der Waals surface area contributed by atoms with Gasteiger partial charge in [-0.3, -0.25) is 10.1 Å². The Kier molecular flexibility index (Phi) is 5.62. The lowest BCUT2D eigenvalue weighted by atomic mass is 10.2. The lowest BCUT2D eigenvalue weighted by Gasteiger charge is -2.35. The van der Waals surface area contributed by atoms with Crippen LogP contribution in [0.4, 0.5) is 11.4 Å². The van der Waals surface area contributed by atoms with Crippen molar-refractivity contribution in [1.82, 2.24) is 10.2 Å². The van der Waals surface area contributed by atoms with Crippen molar-refractivity contribution < 1.29 is 19.0 Å². The van der Waals surface area contributed by atoms with E-state index in [4.69, 9.17) is 9.15 Å². The number of rotatable bonds is 6. The summed E-state index contributed by atoms with van der Waals surface area (Å²) in [5.41, 5.74) is 1.87. The number of nitro groups is 1. The molecule has 1 saturated heterocycles. The van der Waals surface area contributed by atoms with Crippen LogP contribution in [0.25, 0.3) is 11.5 Å². The van der Waals surface area contributed by atoms with Crippen molar-refractivity contribution in [3.8, 4) is 17.2 Å². The fourth-order valence-electron chi connectivity index (χ4n) is 3.72. The van der Waals surface area contributed by atoms with E-state index in [0.717, 1.165) is 31.9 Å². The van der Waals surface area contributed by atoms with Crippen LogP contribution >= 0.6 is 0 Å². The number of hydrogen-bond acceptors (Lipinski definition) is 7. The number of hydrogen-bond donors (Lipinski definition) is 1. The van der Waals surface area contributed by atoms with Crippen molar-refractivity contribution >= 4 is 11.4 Å². The molecule has 9 heteroatoms. The summed E-state index contributed by atoms with van der Waals surface area (Å²) in [6, 6.07) is 14.3. The van der Waals surface area contributed by atoms with Crippen molar-refractivity contribution in [2.75, 3.05) is 38.2 Å². The molecule has 0 bridgehead atoms. The highest BCUT2D eigenvalue weighted by molar-refractivity contribution is 5.55. The molecule has 0 amide bonds. The molecule has 0 spiro atoms. The van der Waals surface area contributed by atoms with Gasteiger partial charge in [0, 0.05) is 29.4 Å². The lowest BCUT2D eigenvalue weighted by Crippen LogP contribution is -3.14. The number of nitrogens with zero attached hydrogens (tertiary/aromatic N) is 4. The summed E-state index contributed by atoms with van der Waals surface area (Å²) < 4.78 is 11.2.